The minimum atomic E-state index is -0.663. The second kappa shape index (κ2) is 6.29. The zero-order chi connectivity index (χ0) is 15.5. The molecule has 3 rings (SSSR count). The highest BCUT2D eigenvalue weighted by molar-refractivity contribution is 5.98. The van der Waals surface area contributed by atoms with Crippen LogP contribution in [-0.2, 0) is 9.57 Å². The molecule has 0 bridgehead atoms. The summed E-state index contributed by atoms with van der Waals surface area (Å²) in [7, 11) is 0. The van der Waals surface area contributed by atoms with Crippen LogP contribution < -0.4 is 11.1 Å². The molecule has 1 saturated heterocycles. The van der Waals surface area contributed by atoms with Gasteiger partial charge in [-0.2, -0.15) is 0 Å². The van der Waals surface area contributed by atoms with E-state index in [0.717, 1.165) is 5.39 Å². The summed E-state index contributed by atoms with van der Waals surface area (Å²) < 4.78 is 10.4. The second-order valence-corrected chi connectivity index (χ2v) is 5.25. The summed E-state index contributed by atoms with van der Waals surface area (Å²) in [5, 5.41) is 0.735. The Labute approximate surface area is 127 Å². The van der Waals surface area contributed by atoms with E-state index in [1.807, 2.05) is 12.1 Å². The molecule has 2 heterocycles. The Morgan fingerprint density at radius 1 is 1.27 bits per heavy atom. The summed E-state index contributed by atoms with van der Waals surface area (Å²) in [6.45, 7) is 2.94. The lowest BCUT2D eigenvalue weighted by molar-refractivity contribution is -0.0674. The molecule has 1 aliphatic heterocycles. The first-order valence-corrected chi connectivity index (χ1v) is 7.23. The third-order valence-corrected chi connectivity index (χ3v) is 3.79. The number of hydroxylamine groups is 1. The van der Waals surface area contributed by atoms with Gasteiger partial charge in [-0.05, 0) is 31.4 Å². The van der Waals surface area contributed by atoms with Crippen molar-refractivity contribution >= 4 is 16.9 Å². The van der Waals surface area contributed by atoms with E-state index < -0.39 is 11.5 Å². The standard InChI is InChI=1S/C16H17NO5/c1-10-12-4-2-3-5-13(12)21-16(19)14(10)15(18)17-22-11-6-8-20-9-7-11/h2-5,11H,6-9H2,1H3,(H,17,18). The third-order valence-electron chi connectivity index (χ3n) is 3.79. The Hall–Kier alpha value is -2.18. The van der Waals surface area contributed by atoms with E-state index in [-0.39, 0.29) is 11.7 Å². The van der Waals surface area contributed by atoms with Crippen molar-refractivity contribution < 1.29 is 18.8 Å². The first-order chi connectivity index (χ1) is 10.7. The van der Waals surface area contributed by atoms with Gasteiger partial charge in [-0.3, -0.25) is 9.63 Å². The lowest BCUT2D eigenvalue weighted by Gasteiger charge is -2.21. The Balaban J connectivity index is 1.82. The molecule has 1 amide bonds. The quantitative estimate of drug-likeness (QED) is 0.692. The smallest absolute Gasteiger partial charge is 0.349 e. The molecule has 1 aromatic heterocycles. The topological polar surface area (TPSA) is 77.8 Å². The van der Waals surface area contributed by atoms with Crippen LogP contribution in [-0.4, -0.2) is 25.2 Å². The van der Waals surface area contributed by atoms with Gasteiger partial charge < -0.3 is 9.15 Å². The van der Waals surface area contributed by atoms with E-state index in [4.69, 9.17) is 14.0 Å². The average molecular weight is 303 g/mol. The number of nitrogens with one attached hydrogen (secondary N) is 1. The summed E-state index contributed by atoms with van der Waals surface area (Å²) in [5.41, 5.74) is 2.72. The van der Waals surface area contributed by atoms with Crippen molar-refractivity contribution in [1.82, 2.24) is 5.48 Å². The number of benzene rings is 1. The zero-order valence-corrected chi connectivity index (χ0v) is 12.3. The van der Waals surface area contributed by atoms with Gasteiger partial charge in [0.25, 0.3) is 5.91 Å². The molecule has 0 saturated carbocycles. The van der Waals surface area contributed by atoms with Crippen molar-refractivity contribution in [3.05, 3.63) is 45.8 Å². The monoisotopic (exact) mass is 303 g/mol. The van der Waals surface area contributed by atoms with E-state index in [2.05, 4.69) is 5.48 Å². The molecule has 22 heavy (non-hydrogen) atoms. The summed E-state index contributed by atoms with van der Waals surface area (Å²) >= 11 is 0. The van der Waals surface area contributed by atoms with Crippen molar-refractivity contribution in [1.29, 1.82) is 0 Å². The molecule has 0 aliphatic carbocycles. The fraction of sp³-hybridized carbons (Fsp3) is 0.375. The van der Waals surface area contributed by atoms with Crippen molar-refractivity contribution in [2.75, 3.05) is 13.2 Å². The van der Waals surface area contributed by atoms with Crippen LogP contribution in [0, 0.1) is 6.92 Å². The molecule has 0 spiro atoms. The van der Waals surface area contributed by atoms with E-state index in [1.54, 1.807) is 19.1 Å². The van der Waals surface area contributed by atoms with Gasteiger partial charge in [-0.15, -0.1) is 0 Å². The molecule has 116 valence electrons. The normalized spacial score (nSPS) is 15.9. The van der Waals surface area contributed by atoms with E-state index in [9.17, 15) is 9.59 Å². The van der Waals surface area contributed by atoms with Gasteiger partial charge in [-0.1, -0.05) is 18.2 Å². The molecule has 6 heteroatoms. The molecular formula is C16H17NO5. The SMILES string of the molecule is Cc1c(C(=O)NOC2CCOCC2)c(=O)oc2ccccc12. The van der Waals surface area contributed by atoms with Crippen LogP contribution in [0.25, 0.3) is 11.0 Å². The number of carbonyl (C=O) groups excluding carboxylic acids is 1. The Bertz CT molecular complexity index is 746. The fourth-order valence-corrected chi connectivity index (χ4v) is 2.55. The van der Waals surface area contributed by atoms with Gasteiger partial charge in [-0.25, -0.2) is 10.3 Å². The summed E-state index contributed by atoms with van der Waals surface area (Å²) in [4.78, 5) is 29.6. The number of amides is 1. The van der Waals surface area contributed by atoms with Gasteiger partial charge in [0.05, 0.1) is 6.10 Å². The Morgan fingerprint density at radius 3 is 2.77 bits per heavy atom. The Morgan fingerprint density at radius 2 is 2.00 bits per heavy atom. The highest BCUT2D eigenvalue weighted by atomic mass is 16.7. The molecule has 1 fully saturated rings. The van der Waals surface area contributed by atoms with Gasteiger partial charge in [0.1, 0.15) is 11.1 Å². The molecular weight excluding hydrogens is 286 g/mol. The fourth-order valence-electron chi connectivity index (χ4n) is 2.55. The van der Waals surface area contributed by atoms with Crippen molar-refractivity contribution in [2.24, 2.45) is 0 Å². The highest BCUT2D eigenvalue weighted by Gasteiger charge is 2.21. The van der Waals surface area contributed by atoms with Crippen LogP contribution >= 0.6 is 0 Å². The first kappa shape index (κ1) is 14.7. The van der Waals surface area contributed by atoms with Crippen molar-refractivity contribution in [3.8, 4) is 0 Å². The van der Waals surface area contributed by atoms with Crippen LogP contribution in [0.2, 0.25) is 0 Å². The molecule has 6 nitrogen and oxygen atoms in total. The van der Waals surface area contributed by atoms with Gasteiger partial charge in [0.15, 0.2) is 0 Å². The zero-order valence-electron chi connectivity index (χ0n) is 12.3. The maximum atomic E-state index is 12.2. The lowest BCUT2D eigenvalue weighted by atomic mass is 10.1. The molecule has 0 atom stereocenters. The van der Waals surface area contributed by atoms with Crippen LogP contribution in [0.4, 0.5) is 0 Å². The number of aryl methyl sites for hydroxylation is 1. The molecule has 0 radical (unpaired) electrons. The molecule has 1 aliphatic rings. The molecule has 0 unspecified atom stereocenters. The minimum absolute atomic E-state index is 0.0224. The molecule has 1 N–H and O–H groups in total. The number of para-hydroxylation sites is 1. The van der Waals surface area contributed by atoms with Gasteiger partial charge in [0.2, 0.25) is 0 Å². The van der Waals surface area contributed by atoms with Crippen LogP contribution in [0.3, 0.4) is 0 Å². The predicted octanol–water partition coefficient (Wildman–Crippen LogP) is 1.94. The number of hydrogen-bond acceptors (Lipinski definition) is 5. The highest BCUT2D eigenvalue weighted by Crippen LogP contribution is 2.19. The van der Waals surface area contributed by atoms with E-state index >= 15 is 0 Å². The second-order valence-electron chi connectivity index (χ2n) is 5.25. The summed E-state index contributed by atoms with van der Waals surface area (Å²) in [6, 6.07) is 7.11. The van der Waals surface area contributed by atoms with Gasteiger partial charge in [0, 0.05) is 18.6 Å². The van der Waals surface area contributed by atoms with E-state index in [1.165, 1.54) is 0 Å². The van der Waals surface area contributed by atoms with Crippen LogP contribution in [0.5, 0.6) is 0 Å². The predicted molar refractivity (Wildman–Crippen MR) is 79.6 cm³/mol. The Kier molecular flexibility index (Phi) is 4.22. The molecule has 1 aromatic carbocycles. The molecule has 2 aromatic rings. The maximum Gasteiger partial charge on any atom is 0.349 e. The van der Waals surface area contributed by atoms with E-state index in [0.29, 0.717) is 37.2 Å². The largest absolute Gasteiger partial charge is 0.422 e. The number of ether oxygens (including phenoxy) is 1. The van der Waals surface area contributed by atoms with Crippen molar-refractivity contribution in [2.45, 2.75) is 25.9 Å². The third kappa shape index (κ3) is 2.88. The van der Waals surface area contributed by atoms with Crippen molar-refractivity contribution in [3.63, 3.8) is 0 Å². The van der Waals surface area contributed by atoms with Crippen LogP contribution in [0.15, 0.2) is 33.5 Å². The number of rotatable bonds is 3. The van der Waals surface area contributed by atoms with Gasteiger partial charge >= 0.3 is 5.63 Å². The lowest BCUT2D eigenvalue weighted by Crippen LogP contribution is -2.35. The van der Waals surface area contributed by atoms with Crippen LogP contribution in [0.1, 0.15) is 28.8 Å². The minimum Gasteiger partial charge on any atom is -0.422 e. The number of fused-ring (bicyclic) bond motifs is 1. The number of hydrogen-bond donors (Lipinski definition) is 1. The number of carbonyl (C=O) groups is 1. The summed E-state index contributed by atoms with van der Waals surface area (Å²) in [5.74, 6) is -0.580. The summed E-state index contributed by atoms with van der Waals surface area (Å²) in [6.07, 6.45) is 1.34. The first-order valence-electron chi connectivity index (χ1n) is 7.23. The maximum absolute atomic E-state index is 12.2. The average Bonchev–Trinajstić information content (AvgIpc) is 2.54.